The second-order valence-corrected chi connectivity index (χ2v) is 5.58. The Balaban J connectivity index is 2.25. The summed E-state index contributed by atoms with van der Waals surface area (Å²) in [5, 5.41) is 0. The van der Waals surface area contributed by atoms with Gasteiger partial charge in [-0.25, -0.2) is 0 Å². The van der Waals surface area contributed by atoms with Gasteiger partial charge in [0.05, 0.1) is 32.8 Å². The van der Waals surface area contributed by atoms with E-state index in [2.05, 4.69) is 4.74 Å². The molecule has 0 aromatic rings. The molecule has 2 rings (SSSR count). The smallest absolute Gasteiger partial charge is 0.315 e. The molecule has 0 aromatic carbocycles. The van der Waals surface area contributed by atoms with Crippen LogP contribution in [0.1, 0.15) is 32.6 Å². The van der Waals surface area contributed by atoms with Crippen LogP contribution in [0, 0.1) is 5.41 Å². The maximum absolute atomic E-state index is 12.2. The van der Waals surface area contributed by atoms with Crippen molar-refractivity contribution in [3.8, 4) is 0 Å². The molecule has 1 fully saturated rings. The van der Waals surface area contributed by atoms with E-state index in [-0.39, 0.29) is 18.4 Å². The van der Waals surface area contributed by atoms with Crippen LogP contribution in [0.15, 0.2) is 11.6 Å². The average molecular weight is 298 g/mol. The maximum Gasteiger partial charge on any atom is 0.315 e. The van der Waals surface area contributed by atoms with Crippen LogP contribution in [-0.4, -0.2) is 45.2 Å². The fraction of sp³-hybridized carbons (Fsp3) is 0.733. The normalized spacial score (nSPS) is 27.3. The molecule has 118 valence electrons. The highest BCUT2D eigenvalue weighted by molar-refractivity contribution is 5.81. The lowest BCUT2D eigenvalue weighted by Gasteiger charge is -2.39. The number of hydrogen-bond donors (Lipinski definition) is 0. The van der Waals surface area contributed by atoms with Gasteiger partial charge in [0, 0.05) is 12.8 Å². The van der Waals surface area contributed by atoms with E-state index >= 15 is 0 Å². The summed E-state index contributed by atoms with van der Waals surface area (Å²) < 4.78 is 21.0. The quantitative estimate of drug-likeness (QED) is 0.580. The third kappa shape index (κ3) is 3.11. The molecule has 1 saturated heterocycles. The predicted molar refractivity (Wildman–Crippen MR) is 73.3 cm³/mol. The van der Waals surface area contributed by atoms with Gasteiger partial charge in [-0.2, -0.15) is 0 Å². The van der Waals surface area contributed by atoms with Crippen molar-refractivity contribution in [3.05, 3.63) is 11.6 Å². The third-order valence-corrected chi connectivity index (χ3v) is 4.31. The van der Waals surface area contributed by atoms with E-state index in [9.17, 15) is 9.59 Å². The Morgan fingerprint density at radius 1 is 1.19 bits per heavy atom. The SMILES string of the molecule is COC(=O)CCC1=CC2(CC[C@]1(C)C(=O)OC)OCCO2. The number of carbonyl (C=O) groups is 2. The van der Waals surface area contributed by atoms with Gasteiger partial charge < -0.3 is 18.9 Å². The van der Waals surface area contributed by atoms with Crippen molar-refractivity contribution in [3.63, 3.8) is 0 Å². The highest BCUT2D eigenvalue weighted by Crippen LogP contribution is 2.46. The van der Waals surface area contributed by atoms with E-state index in [0.29, 0.717) is 32.5 Å². The van der Waals surface area contributed by atoms with E-state index in [1.807, 2.05) is 13.0 Å². The van der Waals surface area contributed by atoms with E-state index in [1.165, 1.54) is 14.2 Å². The highest BCUT2D eigenvalue weighted by Gasteiger charge is 2.48. The van der Waals surface area contributed by atoms with Crippen molar-refractivity contribution >= 4 is 11.9 Å². The van der Waals surface area contributed by atoms with E-state index < -0.39 is 11.2 Å². The van der Waals surface area contributed by atoms with Crippen molar-refractivity contribution in [1.82, 2.24) is 0 Å². The van der Waals surface area contributed by atoms with Gasteiger partial charge in [-0.1, -0.05) is 5.57 Å². The summed E-state index contributed by atoms with van der Waals surface area (Å²) in [7, 11) is 2.72. The van der Waals surface area contributed by atoms with Crippen LogP contribution in [0.4, 0.5) is 0 Å². The minimum Gasteiger partial charge on any atom is -0.469 e. The molecule has 1 aliphatic carbocycles. The predicted octanol–water partition coefficient (Wildman–Crippen LogP) is 1.58. The van der Waals surface area contributed by atoms with Gasteiger partial charge in [-0.15, -0.1) is 0 Å². The van der Waals surface area contributed by atoms with Crippen molar-refractivity contribution in [2.75, 3.05) is 27.4 Å². The molecule has 0 amide bonds. The summed E-state index contributed by atoms with van der Waals surface area (Å²) in [6, 6.07) is 0. The Kier molecular flexibility index (Phi) is 4.68. The Morgan fingerprint density at radius 3 is 2.43 bits per heavy atom. The largest absolute Gasteiger partial charge is 0.469 e. The first-order valence-electron chi connectivity index (χ1n) is 7.11. The molecule has 1 heterocycles. The molecule has 2 aliphatic rings. The van der Waals surface area contributed by atoms with Gasteiger partial charge >= 0.3 is 11.9 Å². The van der Waals surface area contributed by atoms with Crippen LogP contribution in [0.2, 0.25) is 0 Å². The monoisotopic (exact) mass is 298 g/mol. The average Bonchev–Trinajstić information content (AvgIpc) is 2.95. The fourth-order valence-electron chi connectivity index (χ4n) is 2.93. The minimum atomic E-state index is -0.751. The molecule has 0 radical (unpaired) electrons. The summed E-state index contributed by atoms with van der Waals surface area (Å²) in [5.41, 5.74) is 0.0662. The van der Waals surface area contributed by atoms with E-state index in [1.54, 1.807) is 0 Å². The zero-order valence-corrected chi connectivity index (χ0v) is 12.8. The Morgan fingerprint density at radius 2 is 1.86 bits per heavy atom. The summed E-state index contributed by atoms with van der Waals surface area (Å²) in [4.78, 5) is 23.5. The molecular formula is C15H22O6. The van der Waals surface area contributed by atoms with Crippen LogP contribution in [0.25, 0.3) is 0 Å². The standard InChI is InChI=1S/C15H22O6/c1-14(13(17)19-3)6-7-15(20-8-9-21-15)10-11(14)4-5-12(16)18-2/h10H,4-9H2,1-3H3/t14-/m0/s1. The molecule has 0 bridgehead atoms. The van der Waals surface area contributed by atoms with E-state index in [4.69, 9.17) is 14.2 Å². The summed E-state index contributed by atoms with van der Waals surface area (Å²) in [5.74, 6) is -1.36. The Hall–Kier alpha value is -1.40. The Labute approximate surface area is 124 Å². The first-order chi connectivity index (χ1) is 9.96. The Bertz CT molecular complexity index is 449. The molecule has 6 heteroatoms. The molecule has 0 saturated carbocycles. The molecule has 1 atom stereocenters. The van der Waals surface area contributed by atoms with Gasteiger partial charge in [-0.3, -0.25) is 9.59 Å². The van der Waals surface area contributed by atoms with Gasteiger partial charge in [0.25, 0.3) is 0 Å². The second-order valence-electron chi connectivity index (χ2n) is 5.58. The summed E-state index contributed by atoms with van der Waals surface area (Å²) >= 11 is 0. The molecule has 1 spiro atoms. The lowest BCUT2D eigenvalue weighted by Crippen LogP contribution is -2.41. The van der Waals surface area contributed by atoms with Crippen molar-refractivity contribution < 1.29 is 28.5 Å². The van der Waals surface area contributed by atoms with Crippen LogP contribution >= 0.6 is 0 Å². The van der Waals surface area contributed by atoms with Crippen molar-refractivity contribution in [2.24, 2.45) is 5.41 Å². The van der Waals surface area contributed by atoms with E-state index in [0.717, 1.165) is 5.57 Å². The first kappa shape index (κ1) is 16.0. The fourth-order valence-corrected chi connectivity index (χ4v) is 2.93. The van der Waals surface area contributed by atoms with Crippen LogP contribution in [0.3, 0.4) is 0 Å². The van der Waals surface area contributed by atoms with Crippen LogP contribution < -0.4 is 0 Å². The minimum absolute atomic E-state index is 0.213. The van der Waals surface area contributed by atoms with Crippen LogP contribution in [0.5, 0.6) is 0 Å². The summed E-state index contributed by atoms with van der Waals surface area (Å²) in [6.45, 7) is 2.91. The molecule has 0 aromatic heterocycles. The third-order valence-electron chi connectivity index (χ3n) is 4.31. The topological polar surface area (TPSA) is 71.1 Å². The van der Waals surface area contributed by atoms with Crippen molar-refractivity contribution in [2.45, 2.75) is 38.4 Å². The lowest BCUT2D eigenvalue weighted by molar-refractivity contribution is -0.158. The molecule has 6 nitrogen and oxygen atoms in total. The highest BCUT2D eigenvalue weighted by atomic mass is 16.7. The van der Waals surface area contributed by atoms with Gasteiger partial charge in [-0.05, 0) is 25.8 Å². The second kappa shape index (κ2) is 6.15. The molecule has 0 unspecified atom stereocenters. The maximum atomic E-state index is 12.2. The zero-order valence-electron chi connectivity index (χ0n) is 12.8. The molecule has 1 aliphatic heterocycles. The van der Waals surface area contributed by atoms with Gasteiger partial charge in [0.1, 0.15) is 0 Å². The van der Waals surface area contributed by atoms with Crippen LogP contribution in [-0.2, 0) is 28.5 Å². The zero-order chi connectivity index (χ0) is 15.5. The number of hydrogen-bond acceptors (Lipinski definition) is 6. The number of ether oxygens (including phenoxy) is 4. The lowest BCUT2D eigenvalue weighted by atomic mass is 9.70. The number of carbonyl (C=O) groups excluding carboxylic acids is 2. The summed E-state index contributed by atoms with van der Waals surface area (Å²) in [6.07, 6.45) is 3.65. The van der Waals surface area contributed by atoms with Gasteiger partial charge in [0.15, 0.2) is 5.79 Å². The molecular weight excluding hydrogens is 276 g/mol. The number of esters is 2. The number of rotatable bonds is 4. The number of methoxy groups -OCH3 is 2. The van der Waals surface area contributed by atoms with Crippen molar-refractivity contribution in [1.29, 1.82) is 0 Å². The molecule has 21 heavy (non-hydrogen) atoms. The molecule has 0 N–H and O–H groups in total. The first-order valence-corrected chi connectivity index (χ1v) is 7.11. The van der Waals surface area contributed by atoms with Gasteiger partial charge in [0.2, 0.25) is 0 Å².